The Bertz CT molecular complexity index is 463. The Morgan fingerprint density at radius 1 is 1.44 bits per heavy atom. The lowest BCUT2D eigenvalue weighted by molar-refractivity contribution is -0.137. The van der Waals surface area contributed by atoms with E-state index in [1.54, 1.807) is 6.92 Å². The molecule has 0 fully saturated rings. The maximum atomic E-state index is 13.1. The van der Waals surface area contributed by atoms with E-state index in [1.807, 2.05) is 0 Å². The highest BCUT2D eigenvalue weighted by Gasteiger charge is 2.18. The summed E-state index contributed by atoms with van der Waals surface area (Å²) in [5.41, 5.74) is 5.84. The highest BCUT2D eigenvalue weighted by Crippen LogP contribution is 2.16. The highest BCUT2D eigenvalue weighted by molar-refractivity contribution is 5.99. The minimum Gasteiger partial charge on any atom is -0.481 e. The number of halogens is 1. The molecule has 0 aliphatic carbocycles. The molecule has 0 saturated heterocycles. The summed E-state index contributed by atoms with van der Waals surface area (Å²) in [6, 6.07) is 3.54. The van der Waals surface area contributed by atoms with Crippen molar-refractivity contribution in [3.8, 4) is 0 Å². The third-order valence-electron chi connectivity index (χ3n) is 2.51. The van der Waals surface area contributed by atoms with E-state index in [2.05, 4.69) is 0 Å². The number of nitrogens with two attached hydrogens (primary N) is 1. The van der Waals surface area contributed by atoms with Crippen LogP contribution in [0.5, 0.6) is 0 Å². The van der Waals surface area contributed by atoms with E-state index in [1.165, 1.54) is 17.0 Å². The van der Waals surface area contributed by atoms with Crippen molar-refractivity contribution < 1.29 is 19.1 Å². The van der Waals surface area contributed by atoms with Crippen molar-refractivity contribution in [2.75, 3.05) is 18.8 Å². The molecule has 0 aromatic heterocycles. The molecule has 0 spiro atoms. The summed E-state index contributed by atoms with van der Waals surface area (Å²) in [5.74, 6) is -2.01. The van der Waals surface area contributed by atoms with Crippen LogP contribution in [-0.4, -0.2) is 35.0 Å². The summed E-state index contributed by atoms with van der Waals surface area (Å²) in [4.78, 5) is 23.8. The number of hydrogen-bond donors (Lipinski definition) is 2. The van der Waals surface area contributed by atoms with E-state index in [-0.39, 0.29) is 24.2 Å². The monoisotopic (exact) mass is 254 g/mol. The van der Waals surface area contributed by atoms with Crippen LogP contribution in [0.1, 0.15) is 23.7 Å². The number of amides is 1. The molecule has 0 radical (unpaired) electrons. The van der Waals surface area contributed by atoms with E-state index in [9.17, 15) is 14.0 Å². The number of aliphatic carboxylic acids is 1. The Morgan fingerprint density at radius 3 is 2.67 bits per heavy atom. The normalized spacial score (nSPS) is 10.1. The van der Waals surface area contributed by atoms with Crippen LogP contribution < -0.4 is 5.73 Å². The molecule has 0 atom stereocenters. The quantitative estimate of drug-likeness (QED) is 0.777. The molecular formula is C12H15FN2O3. The number of benzene rings is 1. The second-order valence-electron chi connectivity index (χ2n) is 3.76. The second kappa shape index (κ2) is 6.00. The van der Waals surface area contributed by atoms with Gasteiger partial charge in [-0.3, -0.25) is 9.59 Å². The van der Waals surface area contributed by atoms with Gasteiger partial charge in [0.15, 0.2) is 0 Å². The van der Waals surface area contributed by atoms with Gasteiger partial charge in [0.2, 0.25) is 0 Å². The molecule has 1 amide bonds. The third-order valence-corrected chi connectivity index (χ3v) is 2.51. The number of nitrogen functional groups attached to an aromatic ring is 1. The van der Waals surface area contributed by atoms with E-state index in [0.29, 0.717) is 6.54 Å². The van der Waals surface area contributed by atoms with Crippen LogP contribution in [0.15, 0.2) is 18.2 Å². The molecule has 0 saturated carbocycles. The first kappa shape index (κ1) is 14.0. The number of carbonyl (C=O) groups excluding carboxylic acids is 1. The van der Waals surface area contributed by atoms with Crippen LogP contribution in [0, 0.1) is 5.82 Å². The molecule has 0 aliphatic heterocycles. The first-order valence-corrected chi connectivity index (χ1v) is 5.51. The highest BCUT2D eigenvalue weighted by atomic mass is 19.1. The van der Waals surface area contributed by atoms with Crippen molar-refractivity contribution in [3.05, 3.63) is 29.6 Å². The van der Waals surface area contributed by atoms with Crippen molar-refractivity contribution in [3.63, 3.8) is 0 Å². The first-order valence-electron chi connectivity index (χ1n) is 5.51. The van der Waals surface area contributed by atoms with Gasteiger partial charge in [0, 0.05) is 18.8 Å². The molecule has 1 aromatic carbocycles. The number of carboxylic acids is 1. The summed E-state index contributed by atoms with van der Waals surface area (Å²) < 4.78 is 13.1. The Hall–Kier alpha value is -2.11. The summed E-state index contributed by atoms with van der Waals surface area (Å²) in [6.07, 6.45) is -0.158. The average molecular weight is 254 g/mol. The predicted octanol–water partition coefficient (Wildman–Crippen LogP) is 1.34. The number of rotatable bonds is 5. The minimum absolute atomic E-state index is 0.0576. The Labute approximate surface area is 104 Å². The fraction of sp³-hybridized carbons (Fsp3) is 0.333. The molecule has 0 bridgehead atoms. The lowest BCUT2D eigenvalue weighted by atomic mass is 10.1. The van der Waals surface area contributed by atoms with Crippen molar-refractivity contribution in [1.82, 2.24) is 4.90 Å². The lowest BCUT2D eigenvalue weighted by Gasteiger charge is -2.20. The van der Waals surface area contributed by atoms with Gasteiger partial charge in [-0.2, -0.15) is 0 Å². The Balaban J connectivity index is 2.89. The topological polar surface area (TPSA) is 83.6 Å². The largest absolute Gasteiger partial charge is 0.481 e. The molecule has 6 heteroatoms. The summed E-state index contributed by atoms with van der Waals surface area (Å²) >= 11 is 0. The molecule has 0 unspecified atom stereocenters. The molecule has 5 nitrogen and oxygen atoms in total. The molecule has 1 rings (SSSR count). The zero-order valence-corrected chi connectivity index (χ0v) is 10.0. The average Bonchev–Trinajstić information content (AvgIpc) is 2.32. The Kier molecular flexibility index (Phi) is 4.65. The smallest absolute Gasteiger partial charge is 0.305 e. The number of hydrogen-bond acceptors (Lipinski definition) is 3. The van der Waals surface area contributed by atoms with Gasteiger partial charge in [-0.05, 0) is 25.1 Å². The minimum atomic E-state index is -0.992. The summed E-state index contributed by atoms with van der Waals surface area (Å²) in [5, 5.41) is 8.59. The van der Waals surface area contributed by atoms with Crippen LogP contribution in [0.25, 0.3) is 0 Å². The number of nitrogens with zero attached hydrogens (tertiary/aromatic N) is 1. The van der Waals surface area contributed by atoms with Crippen LogP contribution >= 0.6 is 0 Å². The summed E-state index contributed by atoms with van der Waals surface area (Å²) in [7, 11) is 0. The second-order valence-corrected chi connectivity index (χ2v) is 3.76. The third kappa shape index (κ3) is 3.44. The van der Waals surface area contributed by atoms with Gasteiger partial charge < -0.3 is 15.7 Å². The molecule has 1 aromatic rings. The molecule has 18 heavy (non-hydrogen) atoms. The van der Waals surface area contributed by atoms with E-state index < -0.39 is 17.7 Å². The van der Waals surface area contributed by atoms with Crippen LogP contribution in [0.2, 0.25) is 0 Å². The first-order chi connectivity index (χ1) is 8.45. The van der Waals surface area contributed by atoms with E-state index in [4.69, 9.17) is 10.8 Å². The predicted molar refractivity (Wildman–Crippen MR) is 64.6 cm³/mol. The molecule has 0 aliphatic rings. The number of anilines is 1. The van der Waals surface area contributed by atoms with Gasteiger partial charge in [-0.25, -0.2) is 4.39 Å². The van der Waals surface area contributed by atoms with Crippen LogP contribution in [0.3, 0.4) is 0 Å². The van der Waals surface area contributed by atoms with Gasteiger partial charge >= 0.3 is 5.97 Å². The maximum absolute atomic E-state index is 13.1. The molecule has 3 N–H and O–H groups in total. The van der Waals surface area contributed by atoms with E-state index >= 15 is 0 Å². The van der Waals surface area contributed by atoms with Crippen molar-refractivity contribution >= 4 is 17.6 Å². The van der Waals surface area contributed by atoms with Gasteiger partial charge in [-0.15, -0.1) is 0 Å². The zero-order valence-electron chi connectivity index (χ0n) is 10.0. The van der Waals surface area contributed by atoms with Gasteiger partial charge in [0.05, 0.1) is 12.0 Å². The number of carbonyl (C=O) groups is 2. The standard InChI is InChI=1S/C12H15FN2O3/c1-2-15(6-5-11(16)17)12(18)9-7-8(13)3-4-10(9)14/h3-4,7H,2,5-6,14H2,1H3,(H,16,17). The van der Waals surface area contributed by atoms with Crippen molar-refractivity contribution in [1.29, 1.82) is 0 Å². The van der Waals surface area contributed by atoms with Crippen molar-refractivity contribution in [2.24, 2.45) is 0 Å². The SMILES string of the molecule is CCN(CCC(=O)O)C(=O)c1cc(F)ccc1N. The van der Waals surface area contributed by atoms with Crippen molar-refractivity contribution in [2.45, 2.75) is 13.3 Å². The van der Waals surface area contributed by atoms with Gasteiger partial charge in [0.25, 0.3) is 5.91 Å². The molecule has 98 valence electrons. The number of carboxylic acid groups (broad SMARTS) is 1. The summed E-state index contributed by atoms with van der Waals surface area (Å²) in [6.45, 7) is 2.12. The lowest BCUT2D eigenvalue weighted by Crippen LogP contribution is -2.33. The van der Waals surface area contributed by atoms with Crippen LogP contribution in [0.4, 0.5) is 10.1 Å². The zero-order chi connectivity index (χ0) is 13.7. The Morgan fingerprint density at radius 2 is 2.11 bits per heavy atom. The maximum Gasteiger partial charge on any atom is 0.305 e. The molecule has 0 heterocycles. The van der Waals surface area contributed by atoms with Gasteiger partial charge in [-0.1, -0.05) is 0 Å². The van der Waals surface area contributed by atoms with Crippen LogP contribution in [-0.2, 0) is 4.79 Å². The fourth-order valence-corrected chi connectivity index (χ4v) is 1.52. The van der Waals surface area contributed by atoms with Gasteiger partial charge in [0.1, 0.15) is 5.82 Å². The molecular weight excluding hydrogens is 239 g/mol. The fourth-order valence-electron chi connectivity index (χ4n) is 1.52. The van der Waals surface area contributed by atoms with E-state index in [0.717, 1.165) is 6.07 Å².